The molecule has 2 N–H and O–H groups in total. The largest absolute Gasteiger partial charge is 0.481 e. The molecule has 1 heterocycles. The SMILES string of the molecule is O=C(NC[C@@H](Cc1ccncc1)C(=O)O)OCC1c2ccccc2-c2ccccc21. The van der Waals surface area contributed by atoms with Crippen molar-refractivity contribution in [3.63, 3.8) is 0 Å². The van der Waals surface area contributed by atoms with Gasteiger partial charge in [-0.2, -0.15) is 0 Å². The van der Waals surface area contributed by atoms with Crippen LogP contribution in [0.25, 0.3) is 11.1 Å². The van der Waals surface area contributed by atoms with Gasteiger partial charge in [-0.25, -0.2) is 4.79 Å². The second-order valence-electron chi connectivity index (χ2n) is 7.30. The zero-order valence-electron chi connectivity index (χ0n) is 16.3. The number of rotatable bonds is 7. The number of ether oxygens (including phenoxy) is 1. The lowest BCUT2D eigenvalue weighted by Gasteiger charge is -2.16. The molecule has 1 aromatic heterocycles. The number of carbonyl (C=O) groups is 2. The maximum atomic E-state index is 12.3. The summed E-state index contributed by atoms with van der Waals surface area (Å²) in [5, 5.41) is 12.1. The Morgan fingerprint density at radius 2 is 1.57 bits per heavy atom. The molecule has 6 heteroatoms. The van der Waals surface area contributed by atoms with E-state index < -0.39 is 18.0 Å². The van der Waals surface area contributed by atoms with Crippen LogP contribution < -0.4 is 5.32 Å². The highest BCUT2D eigenvalue weighted by molar-refractivity contribution is 5.79. The topological polar surface area (TPSA) is 88.5 Å². The van der Waals surface area contributed by atoms with Gasteiger partial charge in [0.05, 0.1) is 5.92 Å². The Balaban J connectivity index is 1.36. The molecule has 0 spiro atoms. The zero-order valence-corrected chi connectivity index (χ0v) is 16.3. The summed E-state index contributed by atoms with van der Waals surface area (Å²) in [5.74, 6) is -1.74. The summed E-state index contributed by atoms with van der Waals surface area (Å²) in [7, 11) is 0. The number of pyridine rings is 1. The fourth-order valence-electron chi connectivity index (χ4n) is 3.91. The summed E-state index contributed by atoms with van der Waals surface area (Å²) < 4.78 is 5.47. The number of amides is 1. The number of alkyl carbamates (subject to hydrolysis) is 1. The summed E-state index contributed by atoms with van der Waals surface area (Å²) in [6.45, 7) is 0.191. The molecule has 0 unspecified atom stereocenters. The number of nitrogens with one attached hydrogen (secondary N) is 1. The van der Waals surface area contributed by atoms with Gasteiger partial charge in [-0.1, -0.05) is 48.5 Å². The number of carboxylic acid groups (broad SMARTS) is 1. The van der Waals surface area contributed by atoms with Crippen LogP contribution >= 0.6 is 0 Å². The van der Waals surface area contributed by atoms with E-state index in [4.69, 9.17) is 4.74 Å². The third kappa shape index (κ3) is 4.17. The van der Waals surface area contributed by atoms with Gasteiger partial charge >= 0.3 is 12.1 Å². The first kappa shape index (κ1) is 19.6. The second kappa shape index (κ2) is 8.78. The van der Waals surface area contributed by atoms with Crippen LogP contribution in [0.5, 0.6) is 0 Å². The van der Waals surface area contributed by atoms with Crippen molar-refractivity contribution in [2.75, 3.05) is 13.2 Å². The van der Waals surface area contributed by atoms with Crippen LogP contribution in [0, 0.1) is 5.92 Å². The minimum absolute atomic E-state index is 0.00562. The van der Waals surface area contributed by atoms with E-state index in [0.717, 1.165) is 27.8 Å². The Kier molecular flexibility index (Phi) is 5.75. The van der Waals surface area contributed by atoms with Crippen molar-refractivity contribution in [2.45, 2.75) is 12.3 Å². The minimum atomic E-state index is -0.967. The van der Waals surface area contributed by atoms with Gasteiger partial charge < -0.3 is 15.2 Å². The fourth-order valence-corrected chi connectivity index (χ4v) is 3.91. The number of carboxylic acids is 1. The number of hydrogen-bond donors (Lipinski definition) is 2. The van der Waals surface area contributed by atoms with E-state index in [0.29, 0.717) is 6.42 Å². The molecule has 0 saturated heterocycles. The number of aromatic nitrogens is 1. The number of benzene rings is 2. The molecule has 2 aromatic carbocycles. The molecular weight excluding hydrogens is 380 g/mol. The van der Waals surface area contributed by atoms with Crippen molar-refractivity contribution in [3.8, 4) is 11.1 Å². The molecule has 0 radical (unpaired) electrons. The average molecular weight is 402 g/mol. The molecule has 1 atom stereocenters. The molecule has 1 aliphatic rings. The number of carbonyl (C=O) groups excluding carboxylic acids is 1. The Morgan fingerprint density at radius 3 is 2.17 bits per heavy atom. The first-order valence-electron chi connectivity index (χ1n) is 9.84. The highest BCUT2D eigenvalue weighted by Gasteiger charge is 2.29. The molecular formula is C24H22N2O4. The predicted molar refractivity (Wildman–Crippen MR) is 112 cm³/mol. The monoisotopic (exact) mass is 402 g/mol. The lowest BCUT2D eigenvalue weighted by Crippen LogP contribution is -2.35. The maximum Gasteiger partial charge on any atom is 0.407 e. The van der Waals surface area contributed by atoms with Crippen molar-refractivity contribution in [3.05, 3.63) is 89.7 Å². The van der Waals surface area contributed by atoms with Crippen LogP contribution in [-0.2, 0) is 16.0 Å². The van der Waals surface area contributed by atoms with Gasteiger partial charge in [0.25, 0.3) is 0 Å². The van der Waals surface area contributed by atoms with Crippen molar-refractivity contribution in [1.82, 2.24) is 10.3 Å². The van der Waals surface area contributed by atoms with Gasteiger partial charge in [0.2, 0.25) is 0 Å². The summed E-state index contributed by atoms with van der Waals surface area (Å²) in [5.41, 5.74) is 5.43. The van der Waals surface area contributed by atoms with E-state index in [2.05, 4.69) is 34.6 Å². The van der Waals surface area contributed by atoms with Crippen LogP contribution in [0.15, 0.2) is 73.1 Å². The standard InChI is InChI=1S/C24H22N2O4/c27-23(28)17(13-16-9-11-25-12-10-16)14-26-24(29)30-15-22-20-7-3-1-5-18(20)19-6-2-4-8-21(19)22/h1-12,17,22H,13-15H2,(H,26,29)(H,27,28)/t17-/m1/s1. The highest BCUT2D eigenvalue weighted by Crippen LogP contribution is 2.44. The molecule has 3 aromatic rings. The first-order chi connectivity index (χ1) is 14.6. The van der Waals surface area contributed by atoms with Crippen LogP contribution in [0.2, 0.25) is 0 Å². The Hall–Kier alpha value is -3.67. The van der Waals surface area contributed by atoms with Crippen LogP contribution in [0.1, 0.15) is 22.6 Å². The second-order valence-corrected chi connectivity index (χ2v) is 7.30. The number of aliphatic carboxylic acids is 1. The first-order valence-corrected chi connectivity index (χ1v) is 9.84. The van der Waals surface area contributed by atoms with E-state index in [1.54, 1.807) is 24.5 Å². The fraction of sp³-hybridized carbons (Fsp3) is 0.208. The Bertz CT molecular complexity index is 1010. The smallest absolute Gasteiger partial charge is 0.407 e. The lowest BCUT2D eigenvalue weighted by molar-refractivity contribution is -0.141. The van der Waals surface area contributed by atoms with Gasteiger partial charge in [0.15, 0.2) is 0 Å². The normalized spacial score (nSPS) is 13.2. The van der Waals surface area contributed by atoms with E-state index in [-0.39, 0.29) is 19.1 Å². The molecule has 1 aliphatic carbocycles. The Morgan fingerprint density at radius 1 is 0.967 bits per heavy atom. The van der Waals surface area contributed by atoms with Crippen molar-refractivity contribution >= 4 is 12.1 Å². The lowest BCUT2D eigenvalue weighted by atomic mass is 9.98. The van der Waals surface area contributed by atoms with E-state index in [9.17, 15) is 14.7 Å². The predicted octanol–water partition coefficient (Wildman–Crippen LogP) is 3.86. The van der Waals surface area contributed by atoms with E-state index in [1.807, 2.05) is 24.3 Å². The molecule has 6 nitrogen and oxygen atoms in total. The third-order valence-electron chi connectivity index (χ3n) is 5.42. The maximum absolute atomic E-state index is 12.3. The summed E-state index contributed by atoms with van der Waals surface area (Å²) in [4.78, 5) is 27.7. The van der Waals surface area contributed by atoms with Crippen molar-refractivity contribution < 1.29 is 19.4 Å². The summed E-state index contributed by atoms with van der Waals surface area (Å²) in [6.07, 6.45) is 2.93. The third-order valence-corrected chi connectivity index (χ3v) is 5.42. The quantitative estimate of drug-likeness (QED) is 0.626. The number of fused-ring (bicyclic) bond motifs is 3. The number of nitrogens with zero attached hydrogens (tertiary/aromatic N) is 1. The number of hydrogen-bond acceptors (Lipinski definition) is 4. The molecule has 4 rings (SSSR count). The highest BCUT2D eigenvalue weighted by atomic mass is 16.5. The van der Waals surface area contributed by atoms with Crippen LogP contribution in [0.3, 0.4) is 0 Å². The van der Waals surface area contributed by atoms with Gasteiger partial charge in [0.1, 0.15) is 6.61 Å². The van der Waals surface area contributed by atoms with Crippen LogP contribution in [0.4, 0.5) is 4.79 Å². The minimum Gasteiger partial charge on any atom is -0.481 e. The summed E-state index contributed by atoms with van der Waals surface area (Å²) in [6, 6.07) is 19.7. The van der Waals surface area contributed by atoms with E-state index in [1.165, 1.54) is 0 Å². The Labute approximate surface area is 174 Å². The zero-order chi connectivity index (χ0) is 20.9. The van der Waals surface area contributed by atoms with Crippen LogP contribution in [-0.4, -0.2) is 35.3 Å². The average Bonchev–Trinajstić information content (AvgIpc) is 3.09. The molecule has 0 saturated carbocycles. The van der Waals surface area contributed by atoms with Gasteiger partial charge in [-0.15, -0.1) is 0 Å². The molecule has 0 fully saturated rings. The molecule has 0 bridgehead atoms. The van der Waals surface area contributed by atoms with E-state index >= 15 is 0 Å². The van der Waals surface area contributed by atoms with Crippen molar-refractivity contribution in [2.24, 2.45) is 5.92 Å². The summed E-state index contributed by atoms with van der Waals surface area (Å²) >= 11 is 0. The molecule has 1 amide bonds. The van der Waals surface area contributed by atoms with Gasteiger partial charge in [0, 0.05) is 24.9 Å². The molecule has 152 valence electrons. The van der Waals surface area contributed by atoms with Gasteiger partial charge in [-0.3, -0.25) is 9.78 Å². The van der Waals surface area contributed by atoms with Gasteiger partial charge in [-0.05, 0) is 46.4 Å². The van der Waals surface area contributed by atoms with Crippen molar-refractivity contribution in [1.29, 1.82) is 0 Å². The molecule has 30 heavy (non-hydrogen) atoms. The molecule has 0 aliphatic heterocycles.